The van der Waals surface area contributed by atoms with Gasteiger partial charge < -0.3 is 0 Å². The van der Waals surface area contributed by atoms with E-state index in [4.69, 9.17) is 7.73 Å². The number of nitrogens with zero attached hydrogens (tertiary/aromatic N) is 2. The molecule has 0 amide bonds. The van der Waals surface area contributed by atoms with Gasteiger partial charge in [0.25, 0.3) is 0 Å². The molecule has 0 atom stereocenters. The highest BCUT2D eigenvalue weighted by Gasteiger charge is 2.21. The van der Waals surface area contributed by atoms with Crippen LogP contribution in [-0.4, -0.2) is 9.55 Å². The van der Waals surface area contributed by atoms with E-state index in [1.54, 1.807) is 0 Å². The maximum atomic E-state index is 8.81. The van der Waals surface area contributed by atoms with Gasteiger partial charge in [0.1, 0.15) is 5.82 Å². The highest BCUT2D eigenvalue weighted by Crippen LogP contribution is 2.36. The highest BCUT2D eigenvalue weighted by molar-refractivity contribution is 5.84. The summed E-state index contributed by atoms with van der Waals surface area (Å²) in [7, 11) is 0. The second-order valence-corrected chi connectivity index (χ2v) is 7.33. The summed E-state index contributed by atoms with van der Waals surface area (Å²) in [6.07, 6.45) is 0. The largest absolute Gasteiger partial charge is 0.292 e. The highest BCUT2D eigenvalue weighted by atomic mass is 15.1. The molecular formula is C25H26N2. The Morgan fingerprint density at radius 3 is 1.96 bits per heavy atom. The molecule has 0 saturated heterocycles. The summed E-state index contributed by atoms with van der Waals surface area (Å²) in [5.74, 6) is -0.819. The van der Waals surface area contributed by atoms with Gasteiger partial charge in [-0.3, -0.25) is 4.57 Å². The van der Waals surface area contributed by atoms with Gasteiger partial charge in [0.15, 0.2) is 0 Å². The topological polar surface area (TPSA) is 17.8 Å². The molecule has 0 aliphatic carbocycles. The predicted molar refractivity (Wildman–Crippen MR) is 115 cm³/mol. The van der Waals surface area contributed by atoms with E-state index >= 15 is 0 Å². The molecule has 136 valence electrons. The van der Waals surface area contributed by atoms with Crippen LogP contribution in [0.25, 0.3) is 28.1 Å². The van der Waals surface area contributed by atoms with Crippen LogP contribution < -0.4 is 0 Å². The molecule has 1 heterocycles. The van der Waals surface area contributed by atoms with Gasteiger partial charge in [-0.25, -0.2) is 4.98 Å². The molecule has 0 bridgehead atoms. The normalized spacial score (nSPS) is 13.5. The Hall–Kier alpha value is -2.87. The third-order valence-corrected chi connectivity index (χ3v) is 4.93. The summed E-state index contributed by atoms with van der Waals surface area (Å²) >= 11 is 0. The second kappa shape index (κ2) is 7.03. The molecule has 1 aromatic heterocycles. The minimum Gasteiger partial charge on any atom is -0.292 e. The van der Waals surface area contributed by atoms with Crippen molar-refractivity contribution in [3.8, 4) is 17.1 Å². The van der Waals surface area contributed by atoms with Gasteiger partial charge in [0, 0.05) is 8.30 Å². The summed E-state index contributed by atoms with van der Waals surface area (Å²) < 4.78 is 19.8. The molecule has 2 nitrogen and oxygen atoms in total. The van der Waals surface area contributed by atoms with Gasteiger partial charge in [0.05, 0.1) is 16.7 Å². The number of rotatable bonds is 4. The van der Waals surface area contributed by atoms with Gasteiger partial charge in [-0.15, -0.1) is 0 Å². The molecule has 27 heavy (non-hydrogen) atoms. The van der Waals surface area contributed by atoms with Crippen molar-refractivity contribution in [2.45, 2.75) is 39.5 Å². The second-order valence-electron chi connectivity index (χ2n) is 7.33. The SMILES string of the molecule is [2H]C(C)(C)c1cccc(C([2H])(C)C)c1-n1c(-c2ccccc2)nc2ccccc21. The van der Waals surface area contributed by atoms with Gasteiger partial charge in [-0.05, 0) is 35.0 Å². The molecule has 2 heteroatoms. The van der Waals surface area contributed by atoms with Crippen molar-refractivity contribution in [3.63, 3.8) is 0 Å². The summed E-state index contributed by atoms with van der Waals surface area (Å²) in [6.45, 7) is 7.59. The van der Waals surface area contributed by atoms with E-state index in [1.807, 2.05) is 82.3 Å². The molecule has 0 spiro atoms. The Morgan fingerprint density at radius 2 is 1.33 bits per heavy atom. The Morgan fingerprint density at radius 1 is 0.741 bits per heavy atom. The van der Waals surface area contributed by atoms with Crippen LogP contribution in [0.3, 0.4) is 0 Å². The van der Waals surface area contributed by atoms with Gasteiger partial charge in [-0.1, -0.05) is 88.4 Å². The van der Waals surface area contributed by atoms with Crippen molar-refractivity contribution >= 4 is 11.0 Å². The number of hydrogen-bond donors (Lipinski definition) is 0. The molecule has 0 aliphatic rings. The standard InChI is InChI=1S/C25H26N2/c1-17(2)20-13-10-14-21(18(3)4)24(20)27-23-16-9-8-15-22(23)26-25(27)19-11-6-5-7-12-19/h5-18H,1-4H3/i17D,18D. The third kappa shape index (κ3) is 3.06. The van der Waals surface area contributed by atoms with Crippen LogP contribution in [-0.2, 0) is 0 Å². The van der Waals surface area contributed by atoms with Crippen molar-refractivity contribution in [3.05, 3.63) is 83.9 Å². The van der Waals surface area contributed by atoms with E-state index in [-0.39, 0.29) is 0 Å². The fraction of sp³-hybridized carbons (Fsp3) is 0.240. The van der Waals surface area contributed by atoms with E-state index in [0.29, 0.717) is 0 Å². The van der Waals surface area contributed by atoms with Gasteiger partial charge >= 0.3 is 0 Å². The molecule has 0 unspecified atom stereocenters. The van der Waals surface area contributed by atoms with E-state index in [9.17, 15) is 0 Å². The minimum absolute atomic E-state index is 0.823. The smallest absolute Gasteiger partial charge is 0.145 e. The molecular weight excluding hydrogens is 328 g/mol. The first-order valence-electron chi connectivity index (χ1n) is 10.4. The van der Waals surface area contributed by atoms with Crippen LogP contribution in [0.4, 0.5) is 0 Å². The lowest BCUT2D eigenvalue weighted by molar-refractivity contribution is 0.811. The van der Waals surface area contributed by atoms with Crippen LogP contribution in [0, 0.1) is 0 Å². The van der Waals surface area contributed by atoms with Gasteiger partial charge in [-0.2, -0.15) is 0 Å². The number of imidazole rings is 1. The Labute approximate surface area is 164 Å². The summed E-state index contributed by atoms with van der Waals surface area (Å²) in [5, 5.41) is 0. The maximum Gasteiger partial charge on any atom is 0.145 e. The molecule has 4 rings (SSSR count). The van der Waals surface area contributed by atoms with Gasteiger partial charge in [0.2, 0.25) is 0 Å². The molecule has 0 fully saturated rings. The number of benzene rings is 3. The Bertz CT molecular complexity index is 1130. The minimum atomic E-state index is -0.823. The number of aromatic nitrogens is 2. The van der Waals surface area contributed by atoms with Crippen LogP contribution in [0.2, 0.25) is 0 Å². The first-order valence-corrected chi connectivity index (χ1v) is 9.35. The van der Waals surface area contributed by atoms with Crippen molar-refractivity contribution in [2.75, 3.05) is 0 Å². The van der Waals surface area contributed by atoms with E-state index in [2.05, 4.69) is 22.8 Å². The van der Waals surface area contributed by atoms with Crippen molar-refractivity contribution in [2.24, 2.45) is 0 Å². The molecule has 0 saturated carbocycles. The number of hydrogen-bond acceptors (Lipinski definition) is 1. The fourth-order valence-corrected chi connectivity index (χ4v) is 3.62. The zero-order valence-electron chi connectivity index (χ0n) is 18.3. The van der Waals surface area contributed by atoms with Crippen LogP contribution in [0.5, 0.6) is 0 Å². The average Bonchev–Trinajstić information content (AvgIpc) is 3.06. The quantitative estimate of drug-likeness (QED) is 0.387. The third-order valence-electron chi connectivity index (χ3n) is 4.93. The molecule has 0 N–H and O–H groups in total. The zero-order valence-corrected chi connectivity index (χ0v) is 16.3. The Kier molecular flexibility index (Phi) is 3.96. The van der Waals surface area contributed by atoms with Crippen molar-refractivity contribution in [1.82, 2.24) is 9.55 Å². The van der Waals surface area contributed by atoms with Crippen LogP contribution >= 0.6 is 0 Å². The molecule has 4 aromatic rings. The average molecular weight is 357 g/mol. The zero-order chi connectivity index (χ0) is 20.8. The van der Waals surface area contributed by atoms with E-state index < -0.39 is 11.8 Å². The molecule has 3 aromatic carbocycles. The van der Waals surface area contributed by atoms with Crippen molar-refractivity contribution in [1.29, 1.82) is 0 Å². The summed E-state index contributed by atoms with van der Waals surface area (Å²) in [5.41, 5.74) is 5.55. The monoisotopic (exact) mass is 356 g/mol. The predicted octanol–water partition coefficient (Wildman–Crippen LogP) is 6.94. The summed E-state index contributed by atoms with van der Waals surface area (Å²) in [4.78, 5) is 4.95. The number of fused-ring (bicyclic) bond motifs is 1. The van der Waals surface area contributed by atoms with E-state index in [0.717, 1.165) is 39.2 Å². The lowest BCUT2D eigenvalue weighted by Gasteiger charge is -2.22. The fourth-order valence-electron chi connectivity index (χ4n) is 3.62. The molecule has 0 aliphatic heterocycles. The lowest BCUT2D eigenvalue weighted by Crippen LogP contribution is -2.08. The Balaban J connectivity index is 2.19. The first-order chi connectivity index (χ1) is 13.7. The first kappa shape index (κ1) is 15.2. The van der Waals surface area contributed by atoms with E-state index in [1.165, 1.54) is 0 Å². The summed E-state index contributed by atoms with van der Waals surface area (Å²) in [6, 6.07) is 24.2. The van der Waals surface area contributed by atoms with Crippen molar-refractivity contribution < 1.29 is 2.74 Å². The number of para-hydroxylation sites is 3. The maximum absolute atomic E-state index is 8.81. The molecule has 0 radical (unpaired) electrons. The van der Waals surface area contributed by atoms with Crippen LogP contribution in [0.1, 0.15) is 53.4 Å². The lowest BCUT2D eigenvalue weighted by atomic mass is 9.92. The van der Waals surface area contributed by atoms with Crippen LogP contribution in [0.15, 0.2) is 72.8 Å².